The number of nitrogens with zero attached hydrogens (tertiary/aromatic N) is 4. The summed E-state index contributed by atoms with van der Waals surface area (Å²) in [6.07, 6.45) is 1.99. The van der Waals surface area contributed by atoms with Gasteiger partial charge < -0.3 is 23.8 Å². The van der Waals surface area contributed by atoms with Gasteiger partial charge in [-0.25, -0.2) is 0 Å². The van der Waals surface area contributed by atoms with Crippen molar-refractivity contribution in [2.45, 2.75) is 0 Å². The lowest BCUT2D eigenvalue weighted by Crippen LogP contribution is -2.45. The van der Waals surface area contributed by atoms with Crippen molar-refractivity contribution in [1.82, 2.24) is 14.2 Å². The Kier molecular flexibility index (Phi) is 4.16. The first-order chi connectivity index (χ1) is 11.7. The van der Waals surface area contributed by atoms with Gasteiger partial charge in [-0.15, -0.1) is 0 Å². The highest BCUT2D eigenvalue weighted by Gasteiger charge is 2.21. The number of hydrogen-bond donors (Lipinski definition) is 0. The fraction of sp³-hybridized carbons (Fsp3) is 0.500. The van der Waals surface area contributed by atoms with Gasteiger partial charge in [0.1, 0.15) is 5.82 Å². The Labute approximate surface area is 142 Å². The fourth-order valence-corrected chi connectivity index (χ4v) is 3.46. The highest BCUT2D eigenvalue weighted by molar-refractivity contribution is 5.94. The predicted molar refractivity (Wildman–Crippen MR) is 93.8 cm³/mol. The molecule has 0 unspecified atom stereocenters. The summed E-state index contributed by atoms with van der Waals surface area (Å²) >= 11 is 0. The van der Waals surface area contributed by atoms with E-state index < -0.39 is 0 Å². The lowest BCUT2D eigenvalue weighted by Gasteiger charge is -2.33. The number of fused-ring (bicyclic) bond motifs is 1. The number of anilines is 1. The largest absolute Gasteiger partial charge is 0.378 e. The number of carbonyl (C=O) groups excluding carboxylic acids is 1. The molecule has 0 bridgehead atoms. The number of carbonyl (C=O) groups is 1. The van der Waals surface area contributed by atoms with E-state index >= 15 is 0 Å². The highest BCUT2D eigenvalue weighted by Crippen LogP contribution is 2.22. The van der Waals surface area contributed by atoms with Gasteiger partial charge in [-0.1, -0.05) is 0 Å². The van der Waals surface area contributed by atoms with Gasteiger partial charge in [0.05, 0.1) is 18.8 Å². The molecule has 0 atom stereocenters. The van der Waals surface area contributed by atoms with Crippen LogP contribution in [0.2, 0.25) is 0 Å². The monoisotopic (exact) mass is 328 g/mol. The van der Waals surface area contributed by atoms with Crippen LogP contribution in [-0.2, 0) is 4.74 Å². The average molecular weight is 328 g/mol. The van der Waals surface area contributed by atoms with Crippen LogP contribution in [0.3, 0.4) is 0 Å². The summed E-state index contributed by atoms with van der Waals surface area (Å²) in [5.41, 5.74) is 1.87. The maximum atomic E-state index is 12.7. The summed E-state index contributed by atoms with van der Waals surface area (Å²) < 4.78 is 7.49. The lowest BCUT2D eigenvalue weighted by atomic mass is 10.2. The summed E-state index contributed by atoms with van der Waals surface area (Å²) in [7, 11) is 2.16. The average Bonchev–Trinajstić information content (AvgIpc) is 3.05. The second kappa shape index (κ2) is 6.45. The predicted octanol–water partition coefficient (Wildman–Crippen LogP) is 1.16. The van der Waals surface area contributed by atoms with Gasteiger partial charge in [0, 0.05) is 51.0 Å². The molecule has 0 spiro atoms. The van der Waals surface area contributed by atoms with Crippen molar-refractivity contribution in [1.29, 1.82) is 0 Å². The van der Waals surface area contributed by atoms with Crippen molar-refractivity contribution >= 4 is 17.2 Å². The zero-order chi connectivity index (χ0) is 16.5. The first kappa shape index (κ1) is 15.5. The minimum Gasteiger partial charge on any atom is -0.378 e. The van der Waals surface area contributed by atoms with Crippen molar-refractivity contribution in [3.8, 4) is 0 Å². The van der Waals surface area contributed by atoms with Crippen LogP contribution < -0.4 is 4.90 Å². The Morgan fingerprint density at radius 2 is 1.67 bits per heavy atom. The van der Waals surface area contributed by atoms with Crippen molar-refractivity contribution in [3.05, 3.63) is 36.0 Å². The smallest absolute Gasteiger partial charge is 0.255 e. The first-order valence-electron chi connectivity index (χ1n) is 8.64. The van der Waals surface area contributed by atoms with E-state index in [1.54, 1.807) is 0 Å². The molecule has 128 valence electrons. The van der Waals surface area contributed by atoms with Crippen LogP contribution in [0.1, 0.15) is 10.4 Å². The number of hydrogen-bond acceptors (Lipinski definition) is 4. The molecule has 6 nitrogen and oxygen atoms in total. The number of ether oxygens (including phenoxy) is 1. The molecule has 0 N–H and O–H groups in total. The highest BCUT2D eigenvalue weighted by atomic mass is 16.5. The number of aromatic nitrogens is 1. The number of pyridine rings is 1. The minimum absolute atomic E-state index is 0.0956. The molecule has 2 fully saturated rings. The standard InChI is InChI=1S/C18H24N4O2/c1-19-6-8-20(9-7-19)17-5-4-16-3-2-15(14-22(16)17)18(23)21-10-12-24-13-11-21/h2-5,14H,6-13H2,1H3. The van der Waals surface area contributed by atoms with Crippen LogP contribution in [0, 0.1) is 0 Å². The maximum Gasteiger partial charge on any atom is 0.255 e. The van der Waals surface area contributed by atoms with Crippen molar-refractivity contribution in [2.75, 3.05) is 64.4 Å². The molecule has 1 amide bonds. The molecule has 2 saturated heterocycles. The minimum atomic E-state index is 0.0956. The van der Waals surface area contributed by atoms with E-state index in [0.717, 1.165) is 37.3 Å². The van der Waals surface area contributed by atoms with Crippen LogP contribution in [0.5, 0.6) is 0 Å². The van der Waals surface area contributed by atoms with Gasteiger partial charge in [0.25, 0.3) is 5.91 Å². The summed E-state index contributed by atoms with van der Waals surface area (Å²) in [4.78, 5) is 19.4. The van der Waals surface area contributed by atoms with Crippen LogP contribution in [0.4, 0.5) is 5.82 Å². The molecule has 2 aromatic heterocycles. The molecule has 0 aliphatic carbocycles. The lowest BCUT2D eigenvalue weighted by molar-refractivity contribution is 0.0302. The van der Waals surface area contributed by atoms with Gasteiger partial charge in [-0.3, -0.25) is 4.79 Å². The summed E-state index contributed by atoms with van der Waals surface area (Å²) in [6.45, 7) is 6.78. The molecule has 4 heterocycles. The van der Waals surface area contributed by atoms with E-state index in [-0.39, 0.29) is 5.91 Å². The molecule has 2 aliphatic heterocycles. The molecule has 2 aromatic rings. The second-order valence-corrected chi connectivity index (χ2v) is 6.60. The van der Waals surface area contributed by atoms with Crippen molar-refractivity contribution in [3.63, 3.8) is 0 Å². The Bertz CT molecular complexity index is 728. The first-order valence-corrected chi connectivity index (χ1v) is 8.64. The Morgan fingerprint density at radius 3 is 2.42 bits per heavy atom. The number of morpholine rings is 1. The topological polar surface area (TPSA) is 40.4 Å². The van der Waals surface area contributed by atoms with E-state index in [0.29, 0.717) is 26.3 Å². The number of amides is 1. The normalized spacial score (nSPS) is 19.9. The van der Waals surface area contributed by atoms with Crippen LogP contribution >= 0.6 is 0 Å². The third kappa shape index (κ3) is 2.87. The SMILES string of the molecule is CN1CCN(c2ccc3ccc(C(=O)N4CCOCC4)cn23)CC1. The molecule has 6 heteroatoms. The molecule has 0 aromatic carbocycles. The van der Waals surface area contributed by atoms with Gasteiger partial charge in [0.2, 0.25) is 0 Å². The summed E-state index contributed by atoms with van der Waals surface area (Å²) in [5.74, 6) is 1.27. The number of likely N-dealkylation sites (N-methyl/N-ethyl adjacent to an activating group) is 1. The molecule has 0 radical (unpaired) electrons. The Morgan fingerprint density at radius 1 is 0.958 bits per heavy atom. The number of rotatable bonds is 2. The third-order valence-corrected chi connectivity index (χ3v) is 5.00. The van der Waals surface area contributed by atoms with Gasteiger partial charge >= 0.3 is 0 Å². The summed E-state index contributed by atoms with van der Waals surface area (Å²) in [6, 6.07) is 8.24. The zero-order valence-electron chi connectivity index (χ0n) is 14.1. The third-order valence-electron chi connectivity index (χ3n) is 5.00. The van der Waals surface area contributed by atoms with E-state index in [1.807, 2.05) is 23.2 Å². The molecule has 0 saturated carbocycles. The quantitative estimate of drug-likeness (QED) is 0.830. The molecule has 4 rings (SSSR count). The Hall–Kier alpha value is -2.05. The zero-order valence-corrected chi connectivity index (χ0v) is 14.1. The van der Waals surface area contributed by atoms with Crippen LogP contribution in [0.15, 0.2) is 30.5 Å². The van der Waals surface area contributed by atoms with E-state index in [9.17, 15) is 4.79 Å². The second-order valence-electron chi connectivity index (χ2n) is 6.60. The molecular formula is C18H24N4O2. The van der Waals surface area contributed by atoms with E-state index in [4.69, 9.17) is 4.74 Å². The number of piperazine rings is 1. The van der Waals surface area contributed by atoms with Gasteiger partial charge in [-0.05, 0) is 31.3 Å². The van der Waals surface area contributed by atoms with Gasteiger partial charge in [-0.2, -0.15) is 0 Å². The van der Waals surface area contributed by atoms with Crippen molar-refractivity contribution < 1.29 is 9.53 Å². The molecular weight excluding hydrogens is 304 g/mol. The van der Waals surface area contributed by atoms with Gasteiger partial charge in [0.15, 0.2) is 0 Å². The van der Waals surface area contributed by atoms with Crippen LogP contribution in [0.25, 0.3) is 5.52 Å². The molecule has 24 heavy (non-hydrogen) atoms. The molecule has 2 aliphatic rings. The van der Waals surface area contributed by atoms with Crippen LogP contribution in [-0.4, -0.2) is 79.6 Å². The fourth-order valence-electron chi connectivity index (χ4n) is 3.46. The van der Waals surface area contributed by atoms with E-state index in [2.05, 4.69) is 33.4 Å². The van der Waals surface area contributed by atoms with E-state index in [1.165, 1.54) is 5.82 Å². The van der Waals surface area contributed by atoms with Crippen molar-refractivity contribution in [2.24, 2.45) is 0 Å². The Balaban J connectivity index is 1.62. The maximum absolute atomic E-state index is 12.7. The summed E-state index contributed by atoms with van der Waals surface area (Å²) in [5, 5.41) is 0.